The van der Waals surface area contributed by atoms with Gasteiger partial charge in [-0.3, -0.25) is 4.98 Å². The lowest BCUT2D eigenvalue weighted by Crippen LogP contribution is -1.92. The molecule has 0 atom stereocenters. The Morgan fingerprint density at radius 2 is 1.95 bits per heavy atom. The van der Waals surface area contributed by atoms with Gasteiger partial charge in [0.1, 0.15) is 5.65 Å². The lowest BCUT2D eigenvalue weighted by Gasteiger charge is -2.08. The molecule has 4 aromatic rings. The third-order valence-electron chi connectivity index (χ3n) is 3.34. The van der Waals surface area contributed by atoms with Crippen molar-refractivity contribution in [3.8, 4) is 0 Å². The number of hydrogen-bond donors (Lipinski definition) is 2. The van der Waals surface area contributed by atoms with Gasteiger partial charge < -0.3 is 10.3 Å². The van der Waals surface area contributed by atoms with Crippen LogP contribution in [-0.2, 0) is 0 Å². The predicted octanol–water partition coefficient (Wildman–Crippen LogP) is 3.85. The Kier molecular flexibility index (Phi) is 2.39. The first-order chi connectivity index (χ1) is 9.90. The quantitative estimate of drug-likeness (QED) is 0.575. The highest BCUT2D eigenvalue weighted by Crippen LogP contribution is 2.26. The Morgan fingerprint density at radius 1 is 0.950 bits per heavy atom. The van der Waals surface area contributed by atoms with Gasteiger partial charge in [0.2, 0.25) is 0 Å². The van der Waals surface area contributed by atoms with Crippen LogP contribution in [0.2, 0.25) is 0 Å². The third-order valence-corrected chi connectivity index (χ3v) is 3.34. The van der Waals surface area contributed by atoms with Crippen LogP contribution in [0.15, 0.2) is 61.1 Å². The van der Waals surface area contributed by atoms with Crippen molar-refractivity contribution in [2.75, 3.05) is 5.32 Å². The molecule has 0 radical (unpaired) electrons. The first-order valence-electron chi connectivity index (χ1n) is 6.44. The molecular formula is C16H12N4. The molecule has 0 unspecified atom stereocenters. The number of aromatic amines is 1. The maximum absolute atomic E-state index is 4.33. The van der Waals surface area contributed by atoms with E-state index in [1.165, 1.54) is 0 Å². The van der Waals surface area contributed by atoms with Crippen molar-refractivity contribution in [1.82, 2.24) is 15.0 Å². The molecule has 3 heterocycles. The molecule has 0 aliphatic heterocycles. The molecule has 1 aromatic carbocycles. The molecule has 3 aromatic heterocycles. The van der Waals surface area contributed by atoms with Crippen LogP contribution < -0.4 is 5.32 Å². The van der Waals surface area contributed by atoms with Crippen LogP contribution in [0.3, 0.4) is 0 Å². The molecule has 0 aliphatic rings. The molecule has 20 heavy (non-hydrogen) atoms. The first-order valence-corrected chi connectivity index (χ1v) is 6.44. The summed E-state index contributed by atoms with van der Waals surface area (Å²) in [6.45, 7) is 0. The number of benzene rings is 1. The minimum atomic E-state index is 0.887. The minimum absolute atomic E-state index is 0.887. The topological polar surface area (TPSA) is 53.6 Å². The zero-order chi connectivity index (χ0) is 13.4. The standard InChI is InChI=1S/C16H12N4/c1-2-11-10-12(3-4-14(11)17-7-1)20-15-6-9-19-16-13(15)5-8-18-16/h1-10H,(H2,18,19,20). The summed E-state index contributed by atoms with van der Waals surface area (Å²) < 4.78 is 0. The third kappa shape index (κ3) is 1.78. The Labute approximate surface area is 115 Å². The fourth-order valence-corrected chi connectivity index (χ4v) is 2.38. The number of hydrogen-bond acceptors (Lipinski definition) is 3. The highest BCUT2D eigenvalue weighted by Gasteiger charge is 2.03. The summed E-state index contributed by atoms with van der Waals surface area (Å²) in [5.74, 6) is 0. The Morgan fingerprint density at radius 3 is 2.95 bits per heavy atom. The van der Waals surface area contributed by atoms with Gasteiger partial charge in [0.25, 0.3) is 0 Å². The normalized spacial score (nSPS) is 11.0. The monoisotopic (exact) mass is 260 g/mol. The molecule has 0 bridgehead atoms. The van der Waals surface area contributed by atoms with Gasteiger partial charge in [0.15, 0.2) is 0 Å². The number of nitrogens with zero attached hydrogens (tertiary/aromatic N) is 2. The molecule has 0 saturated carbocycles. The van der Waals surface area contributed by atoms with Gasteiger partial charge >= 0.3 is 0 Å². The highest BCUT2D eigenvalue weighted by atomic mass is 14.9. The molecule has 4 heteroatoms. The average Bonchev–Trinajstić information content (AvgIpc) is 2.97. The van der Waals surface area contributed by atoms with E-state index < -0.39 is 0 Å². The van der Waals surface area contributed by atoms with E-state index in [1.54, 1.807) is 6.20 Å². The molecular weight excluding hydrogens is 248 g/mol. The molecule has 0 amide bonds. The van der Waals surface area contributed by atoms with Gasteiger partial charge in [-0.1, -0.05) is 6.07 Å². The van der Waals surface area contributed by atoms with E-state index in [0.29, 0.717) is 0 Å². The summed E-state index contributed by atoms with van der Waals surface area (Å²) in [6.07, 6.45) is 5.50. The second-order valence-corrected chi connectivity index (χ2v) is 4.63. The molecule has 0 saturated heterocycles. The van der Waals surface area contributed by atoms with Gasteiger partial charge in [0.05, 0.1) is 11.2 Å². The molecule has 0 spiro atoms. The van der Waals surface area contributed by atoms with Crippen molar-refractivity contribution in [2.24, 2.45) is 0 Å². The zero-order valence-corrected chi connectivity index (χ0v) is 10.7. The van der Waals surface area contributed by atoms with Crippen LogP contribution in [0.5, 0.6) is 0 Å². The van der Waals surface area contributed by atoms with Crippen LogP contribution in [0, 0.1) is 0 Å². The largest absolute Gasteiger partial charge is 0.355 e. The van der Waals surface area contributed by atoms with E-state index >= 15 is 0 Å². The van der Waals surface area contributed by atoms with Crippen LogP contribution in [0.25, 0.3) is 21.9 Å². The lowest BCUT2D eigenvalue weighted by molar-refractivity contribution is 1.32. The van der Waals surface area contributed by atoms with E-state index in [-0.39, 0.29) is 0 Å². The number of aromatic nitrogens is 3. The van der Waals surface area contributed by atoms with Crippen molar-refractivity contribution >= 4 is 33.3 Å². The second kappa shape index (κ2) is 4.35. The van der Waals surface area contributed by atoms with E-state index in [0.717, 1.165) is 33.3 Å². The van der Waals surface area contributed by atoms with E-state index in [2.05, 4.69) is 32.4 Å². The van der Waals surface area contributed by atoms with Gasteiger partial charge in [-0.25, -0.2) is 4.98 Å². The molecule has 4 rings (SSSR count). The number of fused-ring (bicyclic) bond motifs is 2. The lowest BCUT2D eigenvalue weighted by atomic mass is 10.2. The number of anilines is 2. The average molecular weight is 260 g/mol. The van der Waals surface area contributed by atoms with Crippen molar-refractivity contribution in [1.29, 1.82) is 0 Å². The SMILES string of the molecule is c1cnc2ccc(Nc3ccnc4[nH]ccc34)cc2c1. The van der Waals surface area contributed by atoms with Crippen molar-refractivity contribution in [3.05, 3.63) is 61.1 Å². The summed E-state index contributed by atoms with van der Waals surface area (Å²) >= 11 is 0. The summed E-state index contributed by atoms with van der Waals surface area (Å²) in [5.41, 5.74) is 3.97. The fraction of sp³-hybridized carbons (Fsp3) is 0. The second-order valence-electron chi connectivity index (χ2n) is 4.63. The Hall–Kier alpha value is -2.88. The van der Waals surface area contributed by atoms with Crippen LogP contribution in [0.4, 0.5) is 11.4 Å². The molecule has 4 nitrogen and oxygen atoms in total. The van der Waals surface area contributed by atoms with Gasteiger partial charge in [-0.15, -0.1) is 0 Å². The highest BCUT2D eigenvalue weighted by molar-refractivity contribution is 5.92. The fourth-order valence-electron chi connectivity index (χ4n) is 2.38. The zero-order valence-electron chi connectivity index (χ0n) is 10.7. The van der Waals surface area contributed by atoms with E-state index in [1.807, 2.05) is 42.7 Å². The number of H-pyrrole nitrogens is 1. The predicted molar refractivity (Wildman–Crippen MR) is 81.1 cm³/mol. The van der Waals surface area contributed by atoms with E-state index in [4.69, 9.17) is 0 Å². The van der Waals surface area contributed by atoms with Crippen molar-refractivity contribution < 1.29 is 0 Å². The van der Waals surface area contributed by atoms with Crippen molar-refractivity contribution in [2.45, 2.75) is 0 Å². The van der Waals surface area contributed by atoms with E-state index in [9.17, 15) is 0 Å². The Bertz CT molecular complexity index is 895. The summed E-state index contributed by atoms with van der Waals surface area (Å²) in [6, 6.07) is 14.2. The number of rotatable bonds is 2. The maximum Gasteiger partial charge on any atom is 0.139 e. The molecule has 0 aliphatic carbocycles. The Balaban J connectivity index is 1.78. The summed E-state index contributed by atoms with van der Waals surface area (Å²) in [5, 5.41) is 5.64. The number of pyridine rings is 2. The van der Waals surface area contributed by atoms with Gasteiger partial charge in [0, 0.05) is 35.1 Å². The van der Waals surface area contributed by atoms with Crippen LogP contribution in [0.1, 0.15) is 0 Å². The molecule has 2 N–H and O–H groups in total. The maximum atomic E-state index is 4.33. The van der Waals surface area contributed by atoms with Gasteiger partial charge in [-0.2, -0.15) is 0 Å². The van der Waals surface area contributed by atoms with Crippen LogP contribution >= 0.6 is 0 Å². The van der Waals surface area contributed by atoms with Crippen LogP contribution in [-0.4, -0.2) is 15.0 Å². The van der Waals surface area contributed by atoms with Gasteiger partial charge in [-0.05, 0) is 36.4 Å². The smallest absolute Gasteiger partial charge is 0.139 e. The summed E-state index contributed by atoms with van der Waals surface area (Å²) in [7, 11) is 0. The minimum Gasteiger partial charge on any atom is -0.355 e. The molecule has 96 valence electrons. The summed E-state index contributed by atoms with van der Waals surface area (Å²) in [4.78, 5) is 11.7. The first kappa shape index (κ1) is 11.0. The van der Waals surface area contributed by atoms with Crippen molar-refractivity contribution in [3.63, 3.8) is 0 Å². The number of nitrogens with one attached hydrogen (secondary N) is 2. The molecule has 0 fully saturated rings.